The molecule has 0 aliphatic heterocycles. The summed E-state index contributed by atoms with van der Waals surface area (Å²) in [5.74, 6) is 0. The van der Waals surface area contributed by atoms with Crippen molar-refractivity contribution in [2.24, 2.45) is 0 Å². The molecule has 0 amide bonds. The molecule has 2 unspecified atom stereocenters. The summed E-state index contributed by atoms with van der Waals surface area (Å²) in [5.41, 5.74) is 17.9. The van der Waals surface area contributed by atoms with Crippen molar-refractivity contribution in [1.82, 2.24) is 0 Å². The van der Waals surface area contributed by atoms with Crippen molar-refractivity contribution >= 4 is 78.6 Å². The van der Waals surface area contributed by atoms with Gasteiger partial charge >= 0.3 is 0 Å². The minimum atomic E-state index is -0.744. The highest BCUT2D eigenvalue weighted by Crippen LogP contribution is 2.65. The molecular formula is C75H46P2. The van der Waals surface area contributed by atoms with Crippen molar-refractivity contribution in [2.75, 3.05) is 0 Å². The van der Waals surface area contributed by atoms with Gasteiger partial charge < -0.3 is 0 Å². The molecular weight excluding hydrogens is 963 g/mol. The maximum Gasteiger partial charge on any atom is 0.0725 e. The van der Waals surface area contributed by atoms with Gasteiger partial charge in [0.2, 0.25) is 0 Å². The molecule has 1 spiro atoms. The minimum Gasteiger partial charge on any atom is -0.0772 e. The van der Waals surface area contributed by atoms with Gasteiger partial charge in [-0.2, -0.15) is 0 Å². The summed E-state index contributed by atoms with van der Waals surface area (Å²) < 4.78 is 0. The van der Waals surface area contributed by atoms with Crippen molar-refractivity contribution in [3.8, 4) is 66.2 Å². The molecule has 13 aromatic carbocycles. The molecule has 15 aromatic rings. The Hall–Kier alpha value is -9.02. The first-order valence-corrected chi connectivity index (χ1v) is 29.5. The van der Waals surface area contributed by atoms with E-state index in [1.54, 1.807) is 0 Å². The summed E-state index contributed by atoms with van der Waals surface area (Å²) in [6.45, 7) is 0. The molecule has 0 nitrogen and oxygen atoms in total. The van der Waals surface area contributed by atoms with E-state index < -0.39 is 20.5 Å². The molecule has 0 radical (unpaired) electrons. The maximum absolute atomic E-state index is 2.57. The normalized spacial score (nSPS) is 13.5. The Labute approximate surface area is 448 Å². The minimum absolute atomic E-state index is 0.462. The van der Waals surface area contributed by atoms with Gasteiger partial charge in [0.1, 0.15) is 0 Å². The molecule has 2 aliphatic carbocycles. The van der Waals surface area contributed by atoms with E-state index in [0.29, 0.717) is 0 Å². The van der Waals surface area contributed by atoms with Crippen molar-refractivity contribution in [1.29, 1.82) is 0 Å². The smallest absolute Gasteiger partial charge is 0.0725 e. The third-order valence-corrected chi connectivity index (χ3v) is 22.4. The predicted octanol–water partition coefficient (Wildman–Crippen LogP) is 21.9. The molecule has 2 heteroatoms. The Morgan fingerprint density at radius 3 is 1.09 bits per heavy atom. The lowest BCUT2D eigenvalue weighted by Crippen LogP contribution is -2.25. The molecule has 2 atom stereocenters. The molecule has 0 saturated heterocycles. The van der Waals surface area contributed by atoms with Crippen LogP contribution in [0.5, 0.6) is 0 Å². The molecule has 356 valence electrons. The lowest BCUT2D eigenvalue weighted by atomic mass is 9.70. The molecule has 0 fully saturated rings. The molecule has 77 heavy (non-hydrogen) atoms. The predicted molar refractivity (Wildman–Crippen MR) is 332 cm³/mol. The summed E-state index contributed by atoms with van der Waals surface area (Å²) in [6, 6.07) is 107. The topological polar surface area (TPSA) is 0 Å². The van der Waals surface area contributed by atoms with Crippen molar-refractivity contribution < 1.29 is 0 Å². The van der Waals surface area contributed by atoms with E-state index in [2.05, 4.69) is 279 Å². The van der Waals surface area contributed by atoms with Crippen LogP contribution in [0, 0.1) is 0 Å². The fourth-order valence-electron chi connectivity index (χ4n) is 14.5. The van der Waals surface area contributed by atoms with Crippen LogP contribution in [-0.4, -0.2) is 0 Å². The third kappa shape index (κ3) is 5.84. The van der Waals surface area contributed by atoms with Gasteiger partial charge in [-0.3, -0.25) is 0 Å². The zero-order valence-electron chi connectivity index (χ0n) is 42.0. The summed E-state index contributed by atoms with van der Waals surface area (Å²) in [5, 5.41) is 19.0. The second kappa shape index (κ2) is 16.5. The molecule has 0 N–H and O–H groups in total. The SMILES string of the molecule is c1ccc(-p2c3ccccc3c3c(-c4cccc5c(-c6cccc7c6-c6ccccc6C76c7ccccc7-c7ccccc76)c6cccc(-c7cccc8c7c7ccccc7p8-c7ccccc7)c6cc45)cccc32)cc1. The van der Waals surface area contributed by atoms with Crippen molar-refractivity contribution in [2.45, 2.75) is 5.41 Å². The largest absolute Gasteiger partial charge is 0.0772 e. The lowest BCUT2D eigenvalue weighted by Gasteiger charge is -2.30. The van der Waals surface area contributed by atoms with E-state index in [0.717, 1.165) is 0 Å². The van der Waals surface area contributed by atoms with Gasteiger partial charge in [0.15, 0.2) is 0 Å². The molecule has 2 heterocycles. The monoisotopic (exact) mass is 1010 g/mol. The summed E-state index contributed by atoms with van der Waals surface area (Å²) in [7, 11) is -1.49. The van der Waals surface area contributed by atoms with Crippen LogP contribution in [0.4, 0.5) is 0 Å². The molecule has 2 aliphatic rings. The van der Waals surface area contributed by atoms with E-state index in [1.165, 1.54) is 152 Å². The summed E-state index contributed by atoms with van der Waals surface area (Å²) >= 11 is 0. The number of fused-ring (bicyclic) bond motifs is 18. The Bertz CT molecular complexity index is 4710. The molecule has 17 rings (SSSR count). The second-order valence-electron chi connectivity index (χ2n) is 20.9. The average molecular weight is 1010 g/mol. The number of hydrogen-bond acceptors (Lipinski definition) is 0. The second-order valence-corrected chi connectivity index (χ2v) is 25.2. The number of rotatable bonds is 5. The first-order valence-electron chi connectivity index (χ1n) is 26.8. The fraction of sp³-hybridized carbons (Fsp3) is 0.0133. The number of benzene rings is 13. The Kier molecular flexibility index (Phi) is 9.26. The average Bonchev–Trinajstić information content (AvgIpc) is 4.39. The lowest BCUT2D eigenvalue weighted by molar-refractivity contribution is 0.794. The van der Waals surface area contributed by atoms with E-state index in [4.69, 9.17) is 0 Å². The van der Waals surface area contributed by atoms with Crippen LogP contribution in [0.25, 0.3) is 130 Å². The van der Waals surface area contributed by atoms with Crippen LogP contribution in [0.3, 0.4) is 0 Å². The third-order valence-electron chi connectivity index (χ3n) is 17.3. The van der Waals surface area contributed by atoms with Crippen LogP contribution >= 0.6 is 15.1 Å². The van der Waals surface area contributed by atoms with E-state index in [-0.39, 0.29) is 0 Å². The Morgan fingerprint density at radius 1 is 0.208 bits per heavy atom. The van der Waals surface area contributed by atoms with Crippen LogP contribution < -0.4 is 0 Å². The fourth-order valence-corrected chi connectivity index (χ4v) is 19.8. The Balaban J connectivity index is 1.02. The van der Waals surface area contributed by atoms with Crippen LogP contribution in [0.1, 0.15) is 22.3 Å². The van der Waals surface area contributed by atoms with Gasteiger partial charge in [0.05, 0.1) is 5.41 Å². The highest BCUT2D eigenvalue weighted by atomic mass is 31.1. The first kappa shape index (κ1) is 43.2. The molecule has 0 bridgehead atoms. The highest BCUT2D eigenvalue weighted by molar-refractivity contribution is 7.68. The van der Waals surface area contributed by atoms with Gasteiger partial charge in [0.25, 0.3) is 0 Å². The van der Waals surface area contributed by atoms with Gasteiger partial charge in [-0.25, -0.2) is 0 Å². The quantitative estimate of drug-likeness (QED) is 0.151. The standard InChI is InChI=1S/C75H46P2/c1-3-22-47(23-4-1)76-67-42-15-10-29-58(67)73-53(35-20-44-69(73)76)49-31-17-33-55-61(49)46-62-50(54-36-21-45-70-74(54)59-30-11-16-43-68(59)77(70)48-24-5-2-6-25-48)32-18-34-56(62)71(55)60-37-19-41-66-72(60)57-28-9-14-40-65(57)75(66)63-38-12-7-26-51(63)52-27-8-13-39-64(52)75/h1-46H. The van der Waals surface area contributed by atoms with Gasteiger partial charge in [-0.05, 0) is 139 Å². The van der Waals surface area contributed by atoms with Gasteiger partial charge in [-0.1, -0.05) is 276 Å². The molecule has 2 aromatic heterocycles. The van der Waals surface area contributed by atoms with E-state index in [9.17, 15) is 0 Å². The summed E-state index contributed by atoms with van der Waals surface area (Å²) in [6.07, 6.45) is 0. The van der Waals surface area contributed by atoms with E-state index >= 15 is 0 Å². The van der Waals surface area contributed by atoms with Crippen molar-refractivity contribution in [3.63, 3.8) is 0 Å². The summed E-state index contributed by atoms with van der Waals surface area (Å²) in [4.78, 5) is 0. The van der Waals surface area contributed by atoms with Crippen LogP contribution in [0.2, 0.25) is 0 Å². The maximum atomic E-state index is 2.57. The molecule has 0 saturated carbocycles. The first-order chi connectivity index (χ1) is 38.3. The van der Waals surface area contributed by atoms with Crippen LogP contribution in [0.15, 0.2) is 279 Å². The van der Waals surface area contributed by atoms with Crippen LogP contribution in [-0.2, 0) is 5.41 Å². The zero-order valence-corrected chi connectivity index (χ0v) is 43.7. The number of hydrogen-bond donors (Lipinski definition) is 0. The highest BCUT2D eigenvalue weighted by Gasteiger charge is 2.52. The Morgan fingerprint density at radius 2 is 0.558 bits per heavy atom. The van der Waals surface area contributed by atoms with Crippen molar-refractivity contribution in [3.05, 3.63) is 301 Å². The van der Waals surface area contributed by atoms with E-state index in [1.807, 2.05) is 0 Å². The van der Waals surface area contributed by atoms with Gasteiger partial charge in [-0.15, -0.1) is 0 Å². The zero-order chi connectivity index (χ0) is 50.3. The van der Waals surface area contributed by atoms with Gasteiger partial charge in [0, 0.05) is 31.2 Å².